The lowest BCUT2D eigenvalue weighted by Crippen LogP contribution is -2.50. The van der Waals surface area contributed by atoms with Crippen molar-refractivity contribution in [2.75, 3.05) is 31.1 Å². The van der Waals surface area contributed by atoms with Gasteiger partial charge >= 0.3 is 0 Å². The molecule has 138 valence electrons. The lowest BCUT2D eigenvalue weighted by Gasteiger charge is -2.42. The number of anilines is 1. The van der Waals surface area contributed by atoms with E-state index in [1.54, 1.807) is 24.3 Å². The first kappa shape index (κ1) is 17.2. The molecule has 9 heteroatoms. The summed E-state index contributed by atoms with van der Waals surface area (Å²) in [5, 5.41) is 0. The van der Waals surface area contributed by atoms with Gasteiger partial charge in [-0.05, 0) is 25.0 Å². The molecule has 2 aromatic rings. The summed E-state index contributed by atoms with van der Waals surface area (Å²) in [6.45, 7) is 2.06. The first-order valence-corrected chi connectivity index (χ1v) is 9.90. The highest BCUT2D eigenvalue weighted by molar-refractivity contribution is 7.89. The number of aromatic nitrogens is 2. The maximum Gasteiger partial charge on any atom is 0.244 e. The molecule has 0 saturated carbocycles. The summed E-state index contributed by atoms with van der Waals surface area (Å²) >= 11 is 0. The van der Waals surface area contributed by atoms with Crippen molar-refractivity contribution in [1.29, 1.82) is 0 Å². The highest BCUT2D eigenvalue weighted by Gasteiger charge is 2.39. The van der Waals surface area contributed by atoms with Gasteiger partial charge in [0.15, 0.2) is 5.82 Å². The van der Waals surface area contributed by atoms with Crippen molar-refractivity contribution in [3.05, 3.63) is 42.5 Å². The smallest absolute Gasteiger partial charge is 0.244 e. The van der Waals surface area contributed by atoms with Crippen molar-refractivity contribution in [1.82, 2.24) is 14.7 Å². The lowest BCUT2D eigenvalue weighted by molar-refractivity contribution is 0.111. The predicted octanol–water partition coefficient (Wildman–Crippen LogP) is 1.57. The Kier molecular flexibility index (Phi) is 4.28. The number of hydrogen-bond acceptors (Lipinski definition) is 6. The number of fused-ring (bicyclic) bond motifs is 1. The maximum atomic E-state index is 13.0. The van der Waals surface area contributed by atoms with E-state index in [9.17, 15) is 12.8 Å². The molecule has 2 aliphatic rings. The standard InChI is InChI=1S/C17H19FN4O3S/c18-13-9-19-16(20-10-13)22-7-5-17(6-8-22)11-21-26(23,24)15-4-2-1-3-14(15)25-12-17/h1-4,9-10,21H,5-8,11-12H2. The zero-order chi connectivity index (χ0) is 18.2. The summed E-state index contributed by atoms with van der Waals surface area (Å²) in [4.78, 5) is 10.2. The molecule has 2 aliphatic heterocycles. The summed E-state index contributed by atoms with van der Waals surface area (Å²) < 4.78 is 46.7. The fourth-order valence-corrected chi connectivity index (χ4v) is 4.67. The second-order valence-corrected chi connectivity index (χ2v) is 8.48. The van der Waals surface area contributed by atoms with Gasteiger partial charge in [0.05, 0.1) is 19.0 Å². The minimum atomic E-state index is -3.60. The number of rotatable bonds is 1. The molecule has 0 aliphatic carbocycles. The van der Waals surface area contributed by atoms with Gasteiger partial charge in [-0.1, -0.05) is 12.1 Å². The van der Waals surface area contributed by atoms with Gasteiger partial charge < -0.3 is 9.64 Å². The van der Waals surface area contributed by atoms with E-state index in [0.717, 1.165) is 25.2 Å². The van der Waals surface area contributed by atoms with E-state index < -0.39 is 15.8 Å². The van der Waals surface area contributed by atoms with Crippen LogP contribution in [0, 0.1) is 11.2 Å². The molecular weight excluding hydrogens is 359 g/mol. The number of para-hydroxylation sites is 1. The zero-order valence-corrected chi connectivity index (χ0v) is 14.9. The molecule has 1 spiro atoms. The number of nitrogens with zero attached hydrogens (tertiary/aromatic N) is 3. The van der Waals surface area contributed by atoms with E-state index in [1.807, 2.05) is 4.90 Å². The van der Waals surface area contributed by atoms with Gasteiger partial charge in [-0.25, -0.2) is 27.5 Å². The van der Waals surface area contributed by atoms with Gasteiger partial charge in [0.2, 0.25) is 16.0 Å². The molecule has 1 aromatic heterocycles. The molecule has 0 unspecified atom stereocenters. The molecule has 0 atom stereocenters. The summed E-state index contributed by atoms with van der Waals surface area (Å²) in [6, 6.07) is 6.66. The van der Waals surface area contributed by atoms with Crippen molar-refractivity contribution in [2.24, 2.45) is 5.41 Å². The molecule has 1 aromatic carbocycles. The zero-order valence-electron chi connectivity index (χ0n) is 14.1. The molecule has 0 radical (unpaired) electrons. The Morgan fingerprint density at radius 3 is 2.58 bits per heavy atom. The third-order valence-electron chi connectivity index (χ3n) is 5.02. The van der Waals surface area contributed by atoms with E-state index in [1.165, 1.54) is 0 Å². The van der Waals surface area contributed by atoms with Crippen molar-refractivity contribution < 1.29 is 17.5 Å². The number of halogens is 1. The van der Waals surface area contributed by atoms with Crippen LogP contribution in [0.3, 0.4) is 0 Å². The molecule has 7 nitrogen and oxygen atoms in total. The van der Waals surface area contributed by atoms with Crippen LogP contribution in [-0.4, -0.2) is 44.6 Å². The average Bonchev–Trinajstić information content (AvgIpc) is 2.66. The van der Waals surface area contributed by atoms with E-state index in [2.05, 4.69) is 14.7 Å². The number of piperidine rings is 1. The molecule has 3 heterocycles. The van der Waals surface area contributed by atoms with E-state index in [-0.39, 0.29) is 10.3 Å². The van der Waals surface area contributed by atoms with Crippen LogP contribution < -0.4 is 14.4 Å². The average molecular weight is 378 g/mol. The summed E-state index contributed by atoms with van der Waals surface area (Å²) in [7, 11) is -3.60. The van der Waals surface area contributed by atoms with Crippen LogP contribution in [-0.2, 0) is 10.0 Å². The fourth-order valence-electron chi connectivity index (χ4n) is 3.37. The number of ether oxygens (including phenoxy) is 1. The van der Waals surface area contributed by atoms with Crippen LogP contribution in [0.2, 0.25) is 0 Å². The van der Waals surface area contributed by atoms with Crippen LogP contribution >= 0.6 is 0 Å². The van der Waals surface area contributed by atoms with Gasteiger partial charge in [0.1, 0.15) is 10.6 Å². The Labute approximate surface area is 151 Å². The largest absolute Gasteiger partial charge is 0.492 e. The van der Waals surface area contributed by atoms with Gasteiger partial charge in [0, 0.05) is 25.0 Å². The van der Waals surface area contributed by atoms with Gasteiger partial charge in [-0.2, -0.15) is 0 Å². The minimum Gasteiger partial charge on any atom is -0.492 e. The lowest BCUT2D eigenvalue weighted by atomic mass is 9.79. The Hall–Kier alpha value is -2.26. The number of benzene rings is 1. The van der Waals surface area contributed by atoms with Crippen LogP contribution in [0.1, 0.15) is 12.8 Å². The quantitative estimate of drug-likeness (QED) is 0.811. The maximum absolute atomic E-state index is 13.0. The Balaban J connectivity index is 1.51. The predicted molar refractivity (Wildman–Crippen MR) is 93.0 cm³/mol. The van der Waals surface area contributed by atoms with Crippen molar-refractivity contribution in [3.8, 4) is 5.75 Å². The molecule has 1 saturated heterocycles. The topological polar surface area (TPSA) is 84.4 Å². The summed E-state index contributed by atoms with van der Waals surface area (Å²) in [5.41, 5.74) is -0.295. The van der Waals surface area contributed by atoms with Gasteiger partial charge in [-0.3, -0.25) is 0 Å². The van der Waals surface area contributed by atoms with Crippen molar-refractivity contribution in [3.63, 3.8) is 0 Å². The highest BCUT2D eigenvalue weighted by Crippen LogP contribution is 2.36. The summed E-state index contributed by atoms with van der Waals surface area (Å²) in [5.74, 6) is 0.394. The highest BCUT2D eigenvalue weighted by atomic mass is 32.2. The first-order chi connectivity index (χ1) is 12.5. The van der Waals surface area contributed by atoms with E-state index >= 15 is 0 Å². The van der Waals surface area contributed by atoms with E-state index in [0.29, 0.717) is 37.9 Å². The van der Waals surface area contributed by atoms with Crippen molar-refractivity contribution >= 4 is 16.0 Å². The van der Waals surface area contributed by atoms with Crippen LogP contribution in [0.4, 0.5) is 10.3 Å². The molecule has 1 fully saturated rings. The molecule has 0 amide bonds. The van der Waals surface area contributed by atoms with Crippen LogP contribution in [0.5, 0.6) is 5.75 Å². The third-order valence-corrected chi connectivity index (χ3v) is 6.46. The number of sulfonamides is 1. The number of hydrogen-bond donors (Lipinski definition) is 1. The van der Waals surface area contributed by atoms with Crippen LogP contribution in [0.15, 0.2) is 41.6 Å². The molecule has 4 rings (SSSR count). The van der Waals surface area contributed by atoms with E-state index in [4.69, 9.17) is 4.74 Å². The molecule has 0 bridgehead atoms. The number of nitrogens with one attached hydrogen (secondary N) is 1. The monoisotopic (exact) mass is 378 g/mol. The Bertz CT molecular complexity index is 896. The second kappa shape index (κ2) is 6.48. The van der Waals surface area contributed by atoms with Crippen molar-refractivity contribution in [2.45, 2.75) is 17.7 Å². The third kappa shape index (κ3) is 3.24. The molecular formula is C17H19FN4O3S. The SMILES string of the molecule is O=S1(=O)NCC2(CCN(c3ncc(F)cn3)CC2)COc2ccccc21. The van der Waals surface area contributed by atoms with Gasteiger partial charge in [-0.15, -0.1) is 0 Å². The molecule has 1 N–H and O–H groups in total. The Morgan fingerprint density at radius 2 is 1.85 bits per heavy atom. The fraction of sp³-hybridized carbons (Fsp3) is 0.412. The normalized spacial score (nSPS) is 21.3. The van der Waals surface area contributed by atoms with Gasteiger partial charge in [0.25, 0.3) is 0 Å². The first-order valence-electron chi connectivity index (χ1n) is 8.42. The molecule has 26 heavy (non-hydrogen) atoms. The Morgan fingerprint density at radius 1 is 1.15 bits per heavy atom. The second-order valence-electron chi connectivity index (χ2n) is 6.75. The summed E-state index contributed by atoms with van der Waals surface area (Å²) in [6.07, 6.45) is 3.74. The minimum absolute atomic E-state index is 0.173. The van der Waals surface area contributed by atoms with Crippen LogP contribution in [0.25, 0.3) is 0 Å².